The third-order valence-corrected chi connectivity index (χ3v) is 3.12. The molecule has 0 N–H and O–H groups in total. The molecule has 0 bridgehead atoms. The van der Waals surface area contributed by atoms with Gasteiger partial charge in [-0.25, -0.2) is 9.78 Å². The maximum Gasteiger partial charge on any atom is 0.338 e. The highest BCUT2D eigenvalue weighted by Crippen LogP contribution is 2.09. The predicted molar refractivity (Wildman–Crippen MR) is 78.3 cm³/mol. The van der Waals surface area contributed by atoms with Gasteiger partial charge in [-0.3, -0.25) is 4.79 Å². The van der Waals surface area contributed by atoms with Crippen molar-refractivity contribution in [3.63, 3.8) is 0 Å². The van der Waals surface area contributed by atoms with Crippen molar-refractivity contribution in [1.82, 2.24) is 9.55 Å². The van der Waals surface area contributed by atoms with Crippen LogP contribution in [-0.2, 0) is 17.7 Å². The Kier molecular flexibility index (Phi) is 5.26. The average molecular weight is 286 g/mol. The SMILES string of the molecule is CCOC(=O)c1ccc(CCCn2cnc(C=O)c2)cc1. The van der Waals surface area contributed by atoms with E-state index < -0.39 is 0 Å². The number of carbonyl (C=O) groups excluding carboxylic acids is 2. The second-order valence-corrected chi connectivity index (χ2v) is 4.68. The Bertz CT molecular complexity index is 602. The molecule has 0 unspecified atom stereocenters. The van der Waals surface area contributed by atoms with Crippen molar-refractivity contribution in [1.29, 1.82) is 0 Å². The van der Waals surface area contributed by atoms with Crippen LogP contribution < -0.4 is 0 Å². The predicted octanol–water partition coefficient (Wildman–Crippen LogP) is 2.51. The minimum Gasteiger partial charge on any atom is -0.462 e. The molecule has 0 aliphatic carbocycles. The number of rotatable bonds is 7. The third kappa shape index (κ3) is 4.27. The van der Waals surface area contributed by atoms with E-state index in [0.717, 1.165) is 25.7 Å². The van der Waals surface area contributed by atoms with Crippen LogP contribution in [0.25, 0.3) is 0 Å². The van der Waals surface area contributed by atoms with Gasteiger partial charge >= 0.3 is 5.97 Å². The van der Waals surface area contributed by atoms with Gasteiger partial charge in [-0.15, -0.1) is 0 Å². The number of aryl methyl sites for hydroxylation is 2. The molecule has 21 heavy (non-hydrogen) atoms. The third-order valence-electron chi connectivity index (χ3n) is 3.12. The van der Waals surface area contributed by atoms with E-state index in [-0.39, 0.29) is 5.97 Å². The van der Waals surface area contributed by atoms with E-state index in [1.165, 1.54) is 5.56 Å². The van der Waals surface area contributed by atoms with E-state index >= 15 is 0 Å². The monoisotopic (exact) mass is 286 g/mol. The van der Waals surface area contributed by atoms with Crippen molar-refractivity contribution in [3.05, 3.63) is 53.6 Å². The summed E-state index contributed by atoms with van der Waals surface area (Å²) in [5.74, 6) is -0.288. The van der Waals surface area contributed by atoms with Crippen LogP contribution in [0.15, 0.2) is 36.8 Å². The van der Waals surface area contributed by atoms with Crippen molar-refractivity contribution in [3.8, 4) is 0 Å². The first kappa shape index (κ1) is 15.0. The highest BCUT2D eigenvalue weighted by atomic mass is 16.5. The molecule has 0 aliphatic heterocycles. The van der Waals surface area contributed by atoms with Crippen LogP contribution in [0.3, 0.4) is 0 Å². The molecule has 0 radical (unpaired) electrons. The number of aldehydes is 1. The molecular weight excluding hydrogens is 268 g/mol. The van der Waals surface area contributed by atoms with Crippen LogP contribution in [0, 0.1) is 0 Å². The molecule has 2 rings (SSSR count). The first-order valence-corrected chi connectivity index (χ1v) is 6.96. The molecule has 1 heterocycles. The van der Waals surface area contributed by atoms with Crippen LogP contribution in [0.1, 0.15) is 39.8 Å². The lowest BCUT2D eigenvalue weighted by atomic mass is 10.1. The second-order valence-electron chi connectivity index (χ2n) is 4.68. The van der Waals surface area contributed by atoms with Crippen molar-refractivity contribution >= 4 is 12.3 Å². The van der Waals surface area contributed by atoms with Crippen molar-refractivity contribution in [2.45, 2.75) is 26.3 Å². The minimum absolute atomic E-state index is 0.288. The Morgan fingerprint density at radius 3 is 2.71 bits per heavy atom. The molecular formula is C16H18N2O3. The number of hydrogen-bond acceptors (Lipinski definition) is 4. The van der Waals surface area contributed by atoms with Crippen molar-refractivity contribution in [2.24, 2.45) is 0 Å². The Labute approximate surface area is 123 Å². The maximum atomic E-state index is 11.5. The fourth-order valence-corrected chi connectivity index (χ4v) is 2.05. The quantitative estimate of drug-likeness (QED) is 0.579. The second kappa shape index (κ2) is 7.38. The summed E-state index contributed by atoms with van der Waals surface area (Å²) in [4.78, 5) is 26.0. The molecule has 0 amide bonds. The highest BCUT2D eigenvalue weighted by Gasteiger charge is 2.05. The molecule has 0 fully saturated rings. The Hall–Kier alpha value is -2.43. The summed E-state index contributed by atoms with van der Waals surface area (Å²) in [5, 5.41) is 0. The molecule has 5 nitrogen and oxygen atoms in total. The first-order valence-electron chi connectivity index (χ1n) is 6.96. The summed E-state index contributed by atoms with van der Waals surface area (Å²) in [6.07, 6.45) is 5.97. The van der Waals surface area contributed by atoms with Gasteiger partial charge in [0.25, 0.3) is 0 Å². The molecule has 1 aromatic heterocycles. The van der Waals surface area contributed by atoms with Gasteiger partial charge in [-0.2, -0.15) is 0 Å². The number of imidazole rings is 1. The van der Waals surface area contributed by atoms with Crippen LogP contribution in [-0.4, -0.2) is 28.4 Å². The lowest BCUT2D eigenvalue weighted by Gasteiger charge is -2.05. The lowest BCUT2D eigenvalue weighted by molar-refractivity contribution is 0.0526. The summed E-state index contributed by atoms with van der Waals surface area (Å²) in [7, 11) is 0. The van der Waals surface area contributed by atoms with Crippen LogP contribution in [0.2, 0.25) is 0 Å². The van der Waals surface area contributed by atoms with E-state index in [4.69, 9.17) is 4.74 Å². The van der Waals surface area contributed by atoms with Crippen LogP contribution >= 0.6 is 0 Å². The Morgan fingerprint density at radius 1 is 1.33 bits per heavy atom. The van der Waals surface area contributed by atoms with E-state index in [1.807, 2.05) is 16.7 Å². The lowest BCUT2D eigenvalue weighted by Crippen LogP contribution is -2.04. The minimum atomic E-state index is -0.288. The summed E-state index contributed by atoms with van der Waals surface area (Å²) in [5.41, 5.74) is 2.19. The summed E-state index contributed by atoms with van der Waals surface area (Å²) in [6.45, 7) is 2.98. The standard InChI is InChI=1S/C16H18N2O3/c1-2-21-16(20)14-7-5-13(6-8-14)4-3-9-18-10-15(11-19)17-12-18/h5-8,10-12H,2-4,9H2,1H3. The zero-order valence-corrected chi connectivity index (χ0v) is 12.0. The molecule has 0 saturated heterocycles. The number of esters is 1. The molecule has 0 atom stereocenters. The number of benzene rings is 1. The molecule has 1 aromatic carbocycles. The Balaban J connectivity index is 1.83. The number of carbonyl (C=O) groups is 2. The van der Waals surface area contributed by atoms with Crippen molar-refractivity contribution in [2.75, 3.05) is 6.61 Å². The van der Waals surface area contributed by atoms with Crippen molar-refractivity contribution < 1.29 is 14.3 Å². The van der Waals surface area contributed by atoms with E-state index in [0.29, 0.717) is 17.9 Å². The summed E-state index contributed by atoms with van der Waals surface area (Å²) < 4.78 is 6.84. The molecule has 5 heteroatoms. The van der Waals surface area contributed by atoms with Gasteiger partial charge < -0.3 is 9.30 Å². The molecule has 110 valence electrons. The number of aromatic nitrogens is 2. The molecule has 0 spiro atoms. The van der Waals surface area contributed by atoms with Crippen LogP contribution in [0.4, 0.5) is 0 Å². The molecule has 2 aromatic rings. The number of ether oxygens (including phenoxy) is 1. The maximum absolute atomic E-state index is 11.5. The highest BCUT2D eigenvalue weighted by molar-refractivity contribution is 5.89. The topological polar surface area (TPSA) is 61.2 Å². The Morgan fingerprint density at radius 2 is 2.10 bits per heavy atom. The normalized spacial score (nSPS) is 10.3. The van der Waals surface area contributed by atoms with Crippen LogP contribution in [0.5, 0.6) is 0 Å². The average Bonchev–Trinajstić information content (AvgIpc) is 2.96. The fraction of sp³-hybridized carbons (Fsp3) is 0.312. The van der Waals surface area contributed by atoms with Gasteiger partial charge in [0.05, 0.1) is 18.5 Å². The largest absolute Gasteiger partial charge is 0.462 e. The molecule has 0 aliphatic rings. The van der Waals surface area contributed by atoms with Gasteiger partial charge in [0.15, 0.2) is 6.29 Å². The van der Waals surface area contributed by atoms with Gasteiger partial charge in [0, 0.05) is 12.7 Å². The van der Waals surface area contributed by atoms with Gasteiger partial charge in [-0.1, -0.05) is 12.1 Å². The van der Waals surface area contributed by atoms with Gasteiger partial charge in [-0.05, 0) is 37.5 Å². The number of hydrogen-bond donors (Lipinski definition) is 0. The smallest absolute Gasteiger partial charge is 0.338 e. The van der Waals surface area contributed by atoms with E-state index in [1.54, 1.807) is 31.6 Å². The van der Waals surface area contributed by atoms with E-state index in [2.05, 4.69) is 4.98 Å². The summed E-state index contributed by atoms with van der Waals surface area (Å²) in [6, 6.07) is 7.46. The summed E-state index contributed by atoms with van der Waals surface area (Å²) >= 11 is 0. The molecule has 0 saturated carbocycles. The zero-order valence-electron chi connectivity index (χ0n) is 12.0. The first-order chi connectivity index (χ1) is 10.2. The zero-order chi connectivity index (χ0) is 15.1. The van der Waals surface area contributed by atoms with E-state index in [9.17, 15) is 9.59 Å². The van der Waals surface area contributed by atoms with Gasteiger partial charge in [0.2, 0.25) is 0 Å². The fourth-order valence-electron chi connectivity index (χ4n) is 2.05. The number of nitrogens with zero attached hydrogens (tertiary/aromatic N) is 2. The van der Waals surface area contributed by atoms with Gasteiger partial charge in [0.1, 0.15) is 5.69 Å².